The fourth-order valence-electron chi connectivity index (χ4n) is 3.62. The largest absolute Gasteiger partial charge is 0.497 e. The summed E-state index contributed by atoms with van der Waals surface area (Å²) in [6, 6.07) is 17.2. The van der Waals surface area contributed by atoms with E-state index in [9.17, 15) is 18.0 Å². The van der Waals surface area contributed by atoms with Crippen molar-refractivity contribution in [2.75, 3.05) is 19.5 Å². The minimum atomic E-state index is -4.03. The van der Waals surface area contributed by atoms with Gasteiger partial charge in [-0.2, -0.15) is 0 Å². The van der Waals surface area contributed by atoms with Gasteiger partial charge in [0, 0.05) is 11.6 Å². The lowest BCUT2D eigenvalue weighted by molar-refractivity contribution is -0.121. The molecule has 0 fully saturated rings. The molecule has 43 heavy (non-hydrogen) atoms. The van der Waals surface area contributed by atoms with Gasteiger partial charge in [0.1, 0.15) is 17.7 Å². The summed E-state index contributed by atoms with van der Waals surface area (Å²) >= 11 is 23.7. The van der Waals surface area contributed by atoms with E-state index in [0.717, 1.165) is 5.56 Å². The second-order valence-electron chi connectivity index (χ2n) is 8.91. The number of amides is 2. The topological polar surface area (TPSA) is 147 Å². The number of hydrogen-bond acceptors (Lipinski definition) is 7. The van der Waals surface area contributed by atoms with Crippen molar-refractivity contribution < 1.29 is 27.5 Å². The number of aryl methyl sites for hydroxylation is 1. The molecule has 3 aromatic rings. The maximum Gasteiger partial charge on any atom is 0.268 e. The molecule has 0 bridgehead atoms. The fourth-order valence-corrected chi connectivity index (χ4v) is 5.01. The average molecular weight is 689 g/mol. The first kappa shape index (κ1) is 34.2. The molecule has 0 saturated heterocycles. The Hall–Kier alpha value is -3.33. The van der Waals surface area contributed by atoms with Crippen molar-refractivity contribution >= 4 is 79.7 Å². The van der Waals surface area contributed by atoms with Crippen LogP contribution >= 0.6 is 47.0 Å². The van der Waals surface area contributed by atoms with E-state index in [1.807, 2.05) is 6.92 Å². The number of thiocarbonyl (C=S) groups is 1. The SMILES string of the molecule is COc1ccc(CC(=O)NC(NC(=S)Nc2ccccc2C(=O)NNS(=O)(=O)c2ccc(C)cc2)C(Cl)(Cl)Cl)c(OC)c1. The molecule has 230 valence electrons. The molecule has 1 atom stereocenters. The Morgan fingerprint density at radius 2 is 1.63 bits per heavy atom. The lowest BCUT2D eigenvalue weighted by atomic mass is 10.1. The highest BCUT2D eigenvalue weighted by Gasteiger charge is 2.35. The highest BCUT2D eigenvalue weighted by atomic mass is 35.6. The third-order valence-corrected chi connectivity index (χ3v) is 7.94. The zero-order chi connectivity index (χ0) is 31.8. The lowest BCUT2D eigenvalue weighted by Crippen LogP contribution is -2.56. The number of sulfonamides is 1. The predicted molar refractivity (Wildman–Crippen MR) is 170 cm³/mol. The minimum Gasteiger partial charge on any atom is -0.497 e. The number of methoxy groups -OCH3 is 2. The summed E-state index contributed by atoms with van der Waals surface area (Å²) in [5, 5.41) is 7.99. The molecule has 0 aromatic heterocycles. The summed E-state index contributed by atoms with van der Waals surface area (Å²) in [7, 11) is -1.06. The summed E-state index contributed by atoms with van der Waals surface area (Å²) in [5.41, 5.74) is 3.85. The van der Waals surface area contributed by atoms with Gasteiger partial charge in [0.2, 0.25) is 9.70 Å². The van der Waals surface area contributed by atoms with E-state index in [0.29, 0.717) is 17.1 Å². The molecular formula is C27H28Cl3N5O6S2. The smallest absolute Gasteiger partial charge is 0.268 e. The van der Waals surface area contributed by atoms with Crippen LogP contribution in [0.4, 0.5) is 5.69 Å². The van der Waals surface area contributed by atoms with Crippen molar-refractivity contribution in [3.63, 3.8) is 0 Å². The molecule has 0 heterocycles. The number of hydrogen-bond donors (Lipinski definition) is 5. The van der Waals surface area contributed by atoms with Crippen LogP contribution in [0.15, 0.2) is 71.6 Å². The summed E-state index contributed by atoms with van der Waals surface area (Å²) in [6.45, 7) is 1.82. The van der Waals surface area contributed by atoms with Crippen molar-refractivity contribution in [3.8, 4) is 11.5 Å². The monoisotopic (exact) mass is 687 g/mol. The Kier molecular flexibility index (Phi) is 11.8. The predicted octanol–water partition coefficient (Wildman–Crippen LogP) is 3.98. The standard InChI is InChI=1S/C27H28Cl3N5O6S2/c1-16-8-12-19(13-9-16)43(38,39)35-34-24(37)20-6-4-5-7-21(20)31-26(42)33-25(27(28,29)30)32-23(36)14-17-10-11-18(40-2)15-22(17)41-3/h4-13,15,25,35H,14H2,1-3H3,(H,32,36)(H,34,37)(H2,31,33,42). The quantitative estimate of drug-likeness (QED) is 0.0874. The first-order chi connectivity index (χ1) is 20.2. The Morgan fingerprint density at radius 1 is 0.953 bits per heavy atom. The Bertz CT molecular complexity index is 1580. The number of ether oxygens (including phenoxy) is 2. The zero-order valence-electron chi connectivity index (χ0n) is 23.0. The van der Waals surface area contributed by atoms with E-state index < -0.39 is 31.8 Å². The van der Waals surface area contributed by atoms with Crippen LogP contribution in [-0.2, 0) is 21.2 Å². The molecule has 0 radical (unpaired) electrons. The van der Waals surface area contributed by atoms with Crippen LogP contribution in [0.25, 0.3) is 0 Å². The maximum absolute atomic E-state index is 12.9. The van der Waals surface area contributed by atoms with E-state index in [4.69, 9.17) is 56.5 Å². The van der Waals surface area contributed by atoms with E-state index in [2.05, 4.69) is 26.2 Å². The van der Waals surface area contributed by atoms with Crippen LogP contribution in [0, 0.1) is 6.92 Å². The van der Waals surface area contributed by atoms with Gasteiger partial charge < -0.3 is 25.4 Å². The van der Waals surface area contributed by atoms with Gasteiger partial charge in [0.05, 0.1) is 36.8 Å². The van der Waals surface area contributed by atoms with E-state index in [1.165, 1.54) is 38.5 Å². The fraction of sp³-hybridized carbons (Fsp3) is 0.222. The number of benzene rings is 3. The summed E-state index contributed by atoms with van der Waals surface area (Å²) in [6.07, 6.45) is -1.41. The van der Waals surface area contributed by atoms with Crippen LogP contribution in [0.3, 0.4) is 0 Å². The molecule has 3 rings (SSSR count). The second-order valence-corrected chi connectivity index (χ2v) is 13.4. The molecule has 3 aromatic carbocycles. The van der Waals surface area contributed by atoms with Gasteiger partial charge in [0.15, 0.2) is 5.11 Å². The number of rotatable bonds is 11. The van der Waals surface area contributed by atoms with Gasteiger partial charge in [-0.15, -0.1) is 4.83 Å². The van der Waals surface area contributed by atoms with Gasteiger partial charge in [0.25, 0.3) is 15.9 Å². The number of alkyl halides is 3. The van der Waals surface area contributed by atoms with Crippen molar-refractivity contribution in [3.05, 3.63) is 83.4 Å². The molecule has 0 aliphatic carbocycles. The molecule has 0 spiro atoms. The van der Waals surface area contributed by atoms with E-state index >= 15 is 0 Å². The van der Waals surface area contributed by atoms with Crippen molar-refractivity contribution in [2.24, 2.45) is 0 Å². The maximum atomic E-state index is 12.9. The summed E-state index contributed by atoms with van der Waals surface area (Å²) < 4.78 is 33.6. The molecule has 11 nitrogen and oxygen atoms in total. The average Bonchev–Trinajstić information content (AvgIpc) is 2.95. The van der Waals surface area contributed by atoms with Crippen LogP contribution in [0.5, 0.6) is 11.5 Å². The molecule has 0 aliphatic heterocycles. The molecule has 16 heteroatoms. The van der Waals surface area contributed by atoms with Gasteiger partial charge in [-0.1, -0.05) is 70.7 Å². The number of hydrazine groups is 1. The van der Waals surface area contributed by atoms with E-state index in [-0.39, 0.29) is 27.7 Å². The van der Waals surface area contributed by atoms with Crippen LogP contribution in [-0.4, -0.2) is 49.5 Å². The molecule has 0 saturated carbocycles. The third-order valence-electron chi connectivity index (χ3n) is 5.80. The highest BCUT2D eigenvalue weighted by Crippen LogP contribution is 2.30. The second kappa shape index (κ2) is 14.9. The summed E-state index contributed by atoms with van der Waals surface area (Å²) in [4.78, 5) is 27.8. The zero-order valence-corrected chi connectivity index (χ0v) is 26.9. The number of para-hydroxylation sites is 1. The first-order valence-electron chi connectivity index (χ1n) is 12.4. The number of nitrogens with one attached hydrogen (secondary N) is 5. The normalized spacial score (nSPS) is 12.0. The number of anilines is 1. The van der Waals surface area contributed by atoms with Gasteiger partial charge >= 0.3 is 0 Å². The number of carbonyl (C=O) groups is 2. The Labute approximate surface area is 269 Å². The van der Waals surface area contributed by atoms with Crippen molar-refractivity contribution in [1.29, 1.82) is 0 Å². The minimum absolute atomic E-state index is 0.0274. The number of halogens is 3. The lowest BCUT2D eigenvalue weighted by Gasteiger charge is -2.28. The van der Waals surface area contributed by atoms with Gasteiger partial charge in [-0.05, 0) is 49.5 Å². The van der Waals surface area contributed by atoms with Gasteiger partial charge in [-0.25, -0.2) is 8.42 Å². The highest BCUT2D eigenvalue weighted by molar-refractivity contribution is 7.89. The first-order valence-corrected chi connectivity index (χ1v) is 15.4. The van der Waals surface area contributed by atoms with Crippen LogP contribution in [0.2, 0.25) is 0 Å². The molecule has 5 N–H and O–H groups in total. The number of carbonyl (C=O) groups excluding carboxylic acids is 2. The summed E-state index contributed by atoms with van der Waals surface area (Å²) in [5.74, 6) is -0.311. The third kappa shape index (κ3) is 9.85. The van der Waals surface area contributed by atoms with E-state index in [1.54, 1.807) is 42.5 Å². The van der Waals surface area contributed by atoms with Gasteiger partial charge in [-0.3, -0.25) is 15.0 Å². The van der Waals surface area contributed by atoms with Crippen LogP contribution in [0.1, 0.15) is 21.5 Å². The Balaban J connectivity index is 1.67. The molecular weight excluding hydrogens is 661 g/mol. The van der Waals surface area contributed by atoms with Crippen molar-refractivity contribution in [2.45, 2.75) is 28.2 Å². The molecule has 1 unspecified atom stereocenters. The van der Waals surface area contributed by atoms with Crippen LogP contribution < -0.4 is 35.7 Å². The molecule has 0 aliphatic rings. The van der Waals surface area contributed by atoms with Crippen molar-refractivity contribution in [1.82, 2.24) is 20.9 Å². The molecule has 2 amide bonds. The Morgan fingerprint density at radius 3 is 2.26 bits per heavy atom.